The molecule has 7 heteroatoms. The SMILES string of the molecule is COc1cc(Cl)c(C)cc1NC(=O)c1sc2nc3c(cc2c1N)CC(C)CC3. The number of rotatable bonds is 3. The van der Waals surface area contributed by atoms with Gasteiger partial charge < -0.3 is 15.8 Å². The summed E-state index contributed by atoms with van der Waals surface area (Å²) in [6, 6.07) is 5.60. The van der Waals surface area contributed by atoms with Gasteiger partial charge in [0.25, 0.3) is 5.91 Å². The van der Waals surface area contributed by atoms with Crippen LogP contribution in [0, 0.1) is 12.8 Å². The molecule has 5 nitrogen and oxygen atoms in total. The number of carbonyl (C=O) groups excluding carboxylic acids is 1. The molecule has 1 aliphatic carbocycles. The monoisotopic (exact) mass is 415 g/mol. The summed E-state index contributed by atoms with van der Waals surface area (Å²) in [5, 5.41) is 4.35. The Hall–Kier alpha value is -2.31. The predicted octanol–water partition coefficient (Wildman–Crippen LogP) is 5.23. The van der Waals surface area contributed by atoms with Crippen molar-refractivity contribution < 1.29 is 9.53 Å². The van der Waals surface area contributed by atoms with Crippen molar-refractivity contribution in [3.63, 3.8) is 0 Å². The molecule has 0 bridgehead atoms. The number of nitrogens with two attached hydrogens (primary N) is 1. The molecule has 1 unspecified atom stereocenters. The van der Waals surface area contributed by atoms with Crippen LogP contribution >= 0.6 is 22.9 Å². The quantitative estimate of drug-likeness (QED) is 0.614. The molecule has 3 N–H and O–H groups in total. The molecule has 2 aromatic heterocycles. The van der Waals surface area contributed by atoms with Gasteiger partial charge in [0, 0.05) is 22.2 Å². The van der Waals surface area contributed by atoms with Crippen molar-refractivity contribution in [2.45, 2.75) is 33.1 Å². The Morgan fingerprint density at radius 3 is 2.93 bits per heavy atom. The van der Waals surface area contributed by atoms with Crippen LogP contribution in [-0.2, 0) is 12.8 Å². The highest BCUT2D eigenvalue weighted by Gasteiger charge is 2.23. The van der Waals surface area contributed by atoms with E-state index in [0.29, 0.717) is 32.9 Å². The van der Waals surface area contributed by atoms with E-state index in [9.17, 15) is 4.79 Å². The largest absolute Gasteiger partial charge is 0.495 e. The minimum atomic E-state index is -0.271. The number of thiophene rings is 1. The summed E-state index contributed by atoms with van der Waals surface area (Å²) in [5.41, 5.74) is 10.6. The number of fused-ring (bicyclic) bond motifs is 2. The molecule has 2 heterocycles. The van der Waals surface area contributed by atoms with Crippen LogP contribution in [-0.4, -0.2) is 18.0 Å². The van der Waals surface area contributed by atoms with E-state index in [4.69, 9.17) is 27.1 Å². The van der Waals surface area contributed by atoms with Crippen molar-refractivity contribution in [2.75, 3.05) is 18.2 Å². The van der Waals surface area contributed by atoms with Crippen LogP contribution in [0.1, 0.15) is 39.8 Å². The molecule has 0 saturated carbocycles. The molecule has 1 aromatic carbocycles. The van der Waals surface area contributed by atoms with Crippen LogP contribution < -0.4 is 15.8 Å². The lowest BCUT2D eigenvalue weighted by Gasteiger charge is -2.20. The highest BCUT2D eigenvalue weighted by Crippen LogP contribution is 2.37. The molecular weight excluding hydrogens is 394 g/mol. The summed E-state index contributed by atoms with van der Waals surface area (Å²) in [7, 11) is 1.54. The Kier molecular flexibility index (Phi) is 4.93. The van der Waals surface area contributed by atoms with Crippen LogP contribution in [0.15, 0.2) is 18.2 Å². The lowest BCUT2D eigenvalue weighted by Crippen LogP contribution is -2.13. The Bertz CT molecular complexity index is 1090. The fourth-order valence-electron chi connectivity index (χ4n) is 3.65. The van der Waals surface area contributed by atoms with Crippen molar-refractivity contribution in [3.05, 3.63) is 44.9 Å². The smallest absolute Gasteiger partial charge is 0.268 e. The Morgan fingerprint density at radius 2 is 2.18 bits per heavy atom. The number of carbonyl (C=O) groups is 1. The average Bonchev–Trinajstić information content (AvgIpc) is 2.98. The minimum absolute atomic E-state index is 0.271. The highest BCUT2D eigenvalue weighted by molar-refractivity contribution is 7.21. The van der Waals surface area contributed by atoms with Gasteiger partial charge in [-0.3, -0.25) is 4.79 Å². The van der Waals surface area contributed by atoms with Crippen molar-refractivity contribution in [2.24, 2.45) is 5.92 Å². The van der Waals surface area contributed by atoms with Gasteiger partial charge in [-0.05, 0) is 55.4 Å². The second-order valence-corrected chi connectivity index (χ2v) is 8.80. The van der Waals surface area contributed by atoms with Crippen LogP contribution in [0.5, 0.6) is 5.75 Å². The Balaban J connectivity index is 1.70. The summed E-state index contributed by atoms with van der Waals surface area (Å²) in [5.74, 6) is 0.882. The van der Waals surface area contributed by atoms with Gasteiger partial charge in [0.2, 0.25) is 0 Å². The number of aromatic nitrogens is 1. The van der Waals surface area contributed by atoms with Crippen LogP contribution in [0.2, 0.25) is 5.02 Å². The maximum absolute atomic E-state index is 12.9. The molecular formula is C21H22ClN3O2S. The average molecular weight is 416 g/mol. The van der Waals surface area contributed by atoms with Crippen molar-refractivity contribution in [1.82, 2.24) is 4.98 Å². The topological polar surface area (TPSA) is 77.2 Å². The van der Waals surface area contributed by atoms with Gasteiger partial charge in [-0.2, -0.15) is 0 Å². The number of pyridine rings is 1. The third kappa shape index (κ3) is 3.31. The van der Waals surface area contributed by atoms with E-state index < -0.39 is 0 Å². The van der Waals surface area contributed by atoms with Crippen molar-refractivity contribution in [3.8, 4) is 5.75 Å². The van der Waals surface area contributed by atoms with Gasteiger partial charge in [-0.1, -0.05) is 18.5 Å². The number of benzene rings is 1. The number of aryl methyl sites for hydroxylation is 2. The first-order chi connectivity index (χ1) is 13.4. The number of hydrogen-bond donors (Lipinski definition) is 2. The van der Waals surface area contributed by atoms with E-state index in [2.05, 4.69) is 18.3 Å². The zero-order valence-corrected chi connectivity index (χ0v) is 17.6. The molecule has 0 fully saturated rings. The summed E-state index contributed by atoms with van der Waals surface area (Å²) in [6.07, 6.45) is 3.14. The predicted molar refractivity (Wildman–Crippen MR) is 116 cm³/mol. The normalized spacial score (nSPS) is 16.1. The van der Waals surface area contributed by atoms with E-state index in [1.54, 1.807) is 19.2 Å². The molecule has 1 amide bonds. The molecule has 0 radical (unpaired) electrons. The Morgan fingerprint density at radius 1 is 1.39 bits per heavy atom. The fourth-order valence-corrected chi connectivity index (χ4v) is 4.80. The number of nitrogens with zero attached hydrogens (tertiary/aromatic N) is 1. The van der Waals surface area contributed by atoms with Crippen LogP contribution in [0.4, 0.5) is 11.4 Å². The number of anilines is 2. The summed E-state index contributed by atoms with van der Waals surface area (Å²) in [6.45, 7) is 4.13. The Labute approximate surface area is 172 Å². The second kappa shape index (κ2) is 7.26. The molecule has 1 aliphatic rings. The molecule has 28 heavy (non-hydrogen) atoms. The first-order valence-electron chi connectivity index (χ1n) is 9.23. The van der Waals surface area contributed by atoms with Gasteiger partial charge in [-0.25, -0.2) is 4.98 Å². The third-order valence-electron chi connectivity index (χ3n) is 5.27. The van der Waals surface area contributed by atoms with E-state index in [1.165, 1.54) is 16.9 Å². The van der Waals surface area contributed by atoms with Gasteiger partial charge in [0.1, 0.15) is 15.5 Å². The van der Waals surface area contributed by atoms with E-state index in [1.807, 2.05) is 6.92 Å². The van der Waals surface area contributed by atoms with E-state index in [0.717, 1.165) is 40.7 Å². The molecule has 4 rings (SSSR count). The fraction of sp³-hybridized carbons (Fsp3) is 0.333. The zero-order valence-electron chi connectivity index (χ0n) is 16.1. The summed E-state index contributed by atoms with van der Waals surface area (Å²) in [4.78, 5) is 19.0. The van der Waals surface area contributed by atoms with Crippen LogP contribution in [0.25, 0.3) is 10.2 Å². The molecule has 0 aliphatic heterocycles. The maximum Gasteiger partial charge on any atom is 0.268 e. The number of amides is 1. The molecule has 3 aromatic rings. The van der Waals surface area contributed by atoms with Gasteiger partial charge in [0.15, 0.2) is 0 Å². The number of methoxy groups -OCH3 is 1. The molecule has 1 atom stereocenters. The third-order valence-corrected chi connectivity index (χ3v) is 6.79. The van der Waals surface area contributed by atoms with Crippen molar-refractivity contribution >= 4 is 50.4 Å². The second-order valence-electron chi connectivity index (χ2n) is 7.40. The zero-order chi connectivity index (χ0) is 20.0. The maximum atomic E-state index is 12.9. The number of hydrogen-bond acceptors (Lipinski definition) is 5. The van der Waals surface area contributed by atoms with Crippen molar-refractivity contribution in [1.29, 1.82) is 0 Å². The molecule has 0 spiro atoms. The van der Waals surface area contributed by atoms with Gasteiger partial charge in [0.05, 0.1) is 18.5 Å². The van der Waals surface area contributed by atoms with E-state index in [-0.39, 0.29) is 5.91 Å². The highest BCUT2D eigenvalue weighted by atomic mass is 35.5. The minimum Gasteiger partial charge on any atom is -0.495 e. The van der Waals surface area contributed by atoms with E-state index >= 15 is 0 Å². The van der Waals surface area contributed by atoms with Gasteiger partial charge in [-0.15, -0.1) is 11.3 Å². The first kappa shape index (κ1) is 19.0. The molecule has 0 saturated heterocycles. The lowest BCUT2D eigenvalue weighted by atomic mass is 9.87. The summed E-state index contributed by atoms with van der Waals surface area (Å²) >= 11 is 7.48. The number of nitrogen functional groups attached to an aromatic ring is 1. The summed E-state index contributed by atoms with van der Waals surface area (Å²) < 4.78 is 5.35. The number of nitrogens with one attached hydrogen (secondary N) is 1. The lowest BCUT2D eigenvalue weighted by molar-refractivity contribution is 0.103. The van der Waals surface area contributed by atoms with Gasteiger partial charge >= 0.3 is 0 Å². The standard InChI is InChI=1S/C21H22ClN3O2S/c1-10-4-5-15-12(6-10)8-13-18(23)19(28-21(13)25-15)20(26)24-16-7-11(2)14(22)9-17(16)27-3/h7-10H,4-6,23H2,1-3H3,(H,24,26). The number of ether oxygens (including phenoxy) is 1. The first-order valence-corrected chi connectivity index (χ1v) is 10.4. The number of halogens is 1. The van der Waals surface area contributed by atoms with Crippen LogP contribution in [0.3, 0.4) is 0 Å². The molecule has 146 valence electrons.